The van der Waals surface area contributed by atoms with Gasteiger partial charge in [-0.2, -0.15) is 0 Å². The number of hydrogen-bond donors (Lipinski definition) is 1. The smallest absolute Gasteiger partial charge is 0.0483 e. The average Bonchev–Trinajstić information content (AvgIpc) is 2.25. The Balaban J connectivity index is 0. The molecular formula is C10H22N2O. The maximum Gasteiger partial charge on any atom is 0.0483 e. The fraction of sp³-hybridized carbons (Fsp3) is 0.900. The van der Waals surface area contributed by atoms with Crippen LogP contribution in [-0.2, 0) is 4.74 Å². The third kappa shape index (κ3) is 6.56. The molecule has 0 unspecified atom stereocenters. The highest BCUT2D eigenvalue weighted by Gasteiger charge is 2.24. The Labute approximate surface area is 82.1 Å². The molecule has 0 bridgehead atoms. The summed E-state index contributed by atoms with van der Waals surface area (Å²) in [5.74, 6) is 0. The van der Waals surface area contributed by atoms with E-state index in [0.29, 0.717) is 5.54 Å². The van der Waals surface area contributed by atoms with Gasteiger partial charge in [0.2, 0.25) is 0 Å². The zero-order chi connectivity index (χ0) is 10.7. The van der Waals surface area contributed by atoms with Gasteiger partial charge in [-0.05, 0) is 26.8 Å². The van der Waals surface area contributed by atoms with Crippen molar-refractivity contribution in [1.29, 1.82) is 5.26 Å². The van der Waals surface area contributed by atoms with Crippen LogP contribution in [0, 0.1) is 11.8 Å². The van der Waals surface area contributed by atoms with Gasteiger partial charge in [-0.15, -0.1) is 0 Å². The Bertz CT molecular complexity index is 117. The maximum absolute atomic E-state index is 6.50. The largest absolute Gasteiger partial charge is 0.381 e. The molecule has 1 heterocycles. The minimum absolute atomic E-state index is 0.345. The van der Waals surface area contributed by atoms with E-state index in [-0.39, 0.29) is 0 Å². The first-order chi connectivity index (χ1) is 6.27. The van der Waals surface area contributed by atoms with Gasteiger partial charge in [0.15, 0.2) is 0 Å². The van der Waals surface area contributed by atoms with E-state index in [1.54, 1.807) is 0 Å². The minimum Gasteiger partial charge on any atom is -0.381 e. The fourth-order valence-electron chi connectivity index (χ4n) is 1.07. The molecule has 0 aromatic rings. The van der Waals surface area contributed by atoms with E-state index in [1.807, 2.05) is 20.9 Å². The second-order valence-corrected chi connectivity index (χ2v) is 2.92. The van der Waals surface area contributed by atoms with Crippen molar-refractivity contribution in [1.82, 2.24) is 5.32 Å². The Hall–Kier alpha value is -0.590. The Morgan fingerprint density at radius 2 is 1.62 bits per heavy atom. The number of rotatable bonds is 1. The second-order valence-electron chi connectivity index (χ2n) is 2.92. The molecule has 1 saturated heterocycles. The SMILES string of the molecule is C#N.CC.CNC1(C)CCOCC1. The molecule has 0 spiro atoms. The lowest BCUT2D eigenvalue weighted by atomic mass is 9.93. The van der Waals surface area contributed by atoms with Gasteiger partial charge in [-0.25, -0.2) is 5.26 Å². The highest BCUT2D eigenvalue weighted by atomic mass is 16.5. The number of hydrogen-bond acceptors (Lipinski definition) is 3. The van der Waals surface area contributed by atoms with Crippen molar-refractivity contribution in [2.75, 3.05) is 20.3 Å². The van der Waals surface area contributed by atoms with Crippen LogP contribution in [0.1, 0.15) is 33.6 Å². The van der Waals surface area contributed by atoms with Crippen LogP contribution in [0.4, 0.5) is 0 Å². The molecule has 0 amide bonds. The molecular weight excluding hydrogens is 164 g/mol. The number of nitrogens with zero attached hydrogens (tertiary/aromatic N) is 1. The van der Waals surface area contributed by atoms with Gasteiger partial charge in [-0.3, -0.25) is 0 Å². The van der Waals surface area contributed by atoms with Crippen LogP contribution < -0.4 is 5.32 Å². The highest BCUT2D eigenvalue weighted by molar-refractivity contribution is 4.83. The lowest BCUT2D eigenvalue weighted by Gasteiger charge is -2.32. The summed E-state index contributed by atoms with van der Waals surface area (Å²) in [6.45, 7) is 11.6. The lowest BCUT2D eigenvalue weighted by molar-refractivity contribution is 0.0483. The van der Waals surface area contributed by atoms with Crippen molar-refractivity contribution in [2.45, 2.75) is 39.2 Å². The minimum atomic E-state index is 0.345. The third-order valence-corrected chi connectivity index (χ3v) is 2.20. The van der Waals surface area contributed by atoms with E-state index < -0.39 is 0 Å². The monoisotopic (exact) mass is 186 g/mol. The number of nitriles is 1. The molecule has 1 fully saturated rings. The van der Waals surface area contributed by atoms with Gasteiger partial charge in [0, 0.05) is 25.3 Å². The Morgan fingerprint density at radius 3 is 1.85 bits per heavy atom. The Morgan fingerprint density at radius 1 is 1.23 bits per heavy atom. The zero-order valence-corrected chi connectivity index (χ0v) is 9.26. The molecule has 1 rings (SSSR count). The molecule has 0 aliphatic carbocycles. The summed E-state index contributed by atoms with van der Waals surface area (Å²) in [4.78, 5) is 0. The van der Waals surface area contributed by atoms with Gasteiger partial charge in [-0.1, -0.05) is 13.8 Å². The first-order valence-electron chi connectivity index (χ1n) is 4.79. The van der Waals surface area contributed by atoms with Crippen LogP contribution in [-0.4, -0.2) is 25.8 Å². The highest BCUT2D eigenvalue weighted by Crippen LogP contribution is 2.18. The van der Waals surface area contributed by atoms with Crippen LogP contribution in [0.15, 0.2) is 0 Å². The zero-order valence-electron chi connectivity index (χ0n) is 9.26. The maximum atomic E-state index is 6.50. The van der Waals surface area contributed by atoms with Gasteiger partial charge >= 0.3 is 0 Å². The molecule has 0 aromatic heterocycles. The van der Waals surface area contributed by atoms with Crippen molar-refractivity contribution in [3.8, 4) is 6.57 Å². The van der Waals surface area contributed by atoms with Crippen molar-refractivity contribution in [2.24, 2.45) is 0 Å². The van der Waals surface area contributed by atoms with Crippen LogP contribution in [0.5, 0.6) is 0 Å². The average molecular weight is 186 g/mol. The van der Waals surface area contributed by atoms with Gasteiger partial charge in [0.1, 0.15) is 0 Å². The summed E-state index contributed by atoms with van der Waals surface area (Å²) in [5, 5.41) is 9.80. The summed E-state index contributed by atoms with van der Waals surface area (Å²) < 4.78 is 5.23. The van der Waals surface area contributed by atoms with Crippen LogP contribution in [0.3, 0.4) is 0 Å². The van der Waals surface area contributed by atoms with E-state index in [4.69, 9.17) is 10.00 Å². The van der Waals surface area contributed by atoms with E-state index in [2.05, 4.69) is 18.8 Å². The van der Waals surface area contributed by atoms with Crippen molar-refractivity contribution < 1.29 is 4.74 Å². The summed E-state index contributed by atoms with van der Waals surface area (Å²) in [7, 11) is 2.02. The van der Waals surface area contributed by atoms with Gasteiger partial charge < -0.3 is 10.1 Å². The van der Waals surface area contributed by atoms with Crippen LogP contribution >= 0.6 is 0 Å². The molecule has 0 atom stereocenters. The topological polar surface area (TPSA) is 45.0 Å². The summed E-state index contributed by atoms with van der Waals surface area (Å²) in [6, 6.07) is 0. The van der Waals surface area contributed by atoms with Crippen molar-refractivity contribution >= 4 is 0 Å². The fourth-order valence-corrected chi connectivity index (χ4v) is 1.07. The molecule has 0 radical (unpaired) electrons. The molecule has 78 valence electrons. The molecule has 3 heteroatoms. The first-order valence-corrected chi connectivity index (χ1v) is 4.79. The van der Waals surface area contributed by atoms with Gasteiger partial charge in [0.25, 0.3) is 0 Å². The van der Waals surface area contributed by atoms with E-state index in [9.17, 15) is 0 Å². The third-order valence-electron chi connectivity index (χ3n) is 2.20. The second kappa shape index (κ2) is 9.50. The summed E-state index contributed by atoms with van der Waals surface area (Å²) >= 11 is 0. The van der Waals surface area contributed by atoms with Crippen molar-refractivity contribution in [3.05, 3.63) is 0 Å². The standard InChI is InChI=1S/C7H15NO.C2H6.CHN/c1-7(8-2)3-5-9-6-4-7;2*1-2/h8H,3-6H2,1-2H3;1-2H3;1H. The molecule has 0 aromatic carbocycles. The molecule has 1 aliphatic rings. The summed E-state index contributed by atoms with van der Waals surface area (Å²) in [5.41, 5.74) is 0.345. The number of nitrogens with one attached hydrogen (secondary N) is 1. The van der Waals surface area contributed by atoms with E-state index >= 15 is 0 Å². The quantitative estimate of drug-likeness (QED) is 0.680. The van der Waals surface area contributed by atoms with Gasteiger partial charge in [0.05, 0.1) is 0 Å². The van der Waals surface area contributed by atoms with Crippen LogP contribution in [0.2, 0.25) is 0 Å². The predicted octanol–water partition coefficient (Wildman–Crippen LogP) is 1.94. The van der Waals surface area contributed by atoms with Crippen LogP contribution in [0.25, 0.3) is 0 Å². The van der Waals surface area contributed by atoms with Crippen molar-refractivity contribution in [3.63, 3.8) is 0 Å². The lowest BCUT2D eigenvalue weighted by Crippen LogP contribution is -2.44. The molecule has 1 N–H and O–H groups in total. The molecule has 0 saturated carbocycles. The Kier molecular flexibility index (Phi) is 10.9. The normalized spacial score (nSPS) is 18.6. The molecule has 3 nitrogen and oxygen atoms in total. The summed E-state index contributed by atoms with van der Waals surface area (Å²) in [6.07, 6.45) is 2.28. The van der Waals surface area contributed by atoms with E-state index in [1.165, 1.54) is 0 Å². The number of ether oxygens (including phenoxy) is 1. The molecule has 1 aliphatic heterocycles. The van der Waals surface area contributed by atoms with E-state index in [0.717, 1.165) is 26.1 Å². The predicted molar refractivity (Wildman–Crippen MR) is 55.5 cm³/mol. The molecule has 13 heavy (non-hydrogen) atoms. The first kappa shape index (κ1) is 14.9.